The van der Waals surface area contributed by atoms with Gasteiger partial charge in [-0.1, -0.05) is 23.8 Å². The van der Waals surface area contributed by atoms with Gasteiger partial charge in [-0.3, -0.25) is 4.79 Å². The van der Waals surface area contributed by atoms with Crippen LogP contribution in [0, 0.1) is 6.92 Å². The van der Waals surface area contributed by atoms with Crippen LogP contribution in [0.2, 0.25) is 0 Å². The van der Waals surface area contributed by atoms with Crippen LogP contribution in [0.15, 0.2) is 42.5 Å². The third kappa shape index (κ3) is 3.43. The predicted octanol–water partition coefficient (Wildman–Crippen LogP) is 2.48. The Morgan fingerprint density at radius 2 is 1.86 bits per heavy atom. The molecule has 0 atom stereocenters. The summed E-state index contributed by atoms with van der Waals surface area (Å²) in [5.41, 5.74) is 2.35. The molecule has 0 radical (unpaired) electrons. The van der Waals surface area contributed by atoms with Gasteiger partial charge in [0.1, 0.15) is 11.5 Å². The van der Waals surface area contributed by atoms with Gasteiger partial charge < -0.3 is 15.0 Å². The zero-order valence-electron chi connectivity index (χ0n) is 12.6. The van der Waals surface area contributed by atoms with Crippen molar-refractivity contribution in [2.45, 2.75) is 6.92 Å². The largest absolute Gasteiger partial charge is 0.378 e. The maximum Gasteiger partial charge on any atom is 0.274 e. The van der Waals surface area contributed by atoms with Crippen molar-refractivity contribution in [2.24, 2.45) is 0 Å². The van der Waals surface area contributed by atoms with E-state index in [0.717, 1.165) is 30.2 Å². The molecule has 3 rings (SSSR count). The van der Waals surface area contributed by atoms with Crippen LogP contribution in [0.3, 0.4) is 0 Å². The molecular formula is C17H19N3O2. The lowest BCUT2D eigenvalue weighted by atomic mass is 10.2. The average Bonchev–Trinajstić information content (AvgIpc) is 2.58. The highest BCUT2D eigenvalue weighted by molar-refractivity contribution is 6.03. The Bertz CT molecular complexity index is 649. The number of carbonyl (C=O) groups is 1. The molecule has 1 aromatic heterocycles. The zero-order chi connectivity index (χ0) is 15.4. The fourth-order valence-electron chi connectivity index (χ4n) is 2.35. The summed E-state index contributed by atoms with van der Waals surface area (Å²) in [5.74, 6) is 0.624. The smallest absolute Gasteiger partial charge is 0.274 e. The number of benzene rings is 1. The molecule has 22 heavy (non-hydrogen) atoms. The maximum atomic E-state index is 12.3. The summed E-state index contributed by atoms with van der Waals surface area (Å²) in [5, 5.41) is 2.87. The molecule has 1 N–H and O–H groups in total. The second kappa shape index (κ2) is 6.58. The number of hydrogen-bond acceptors (Lipinski definition) is 4. The number of morpholine rings is 1. The second-order valence-electron chi connectivity index (χ2n) is 5.30. The molecule has 5 heteroatoms. The van der Waals surface area contributed by atoms with E-state index in [1.807, 2.05) is 43.3 Å². The van der Waals surface area contributed by atoms with Crippen molar-refractivity contribution in [3.63, 3.8) is 0 Å². The van der Waals surface area contributed by atoms with Gasteiger partial charge in [0.05, 0.1) is 13.2 Å². The van der Waals surface area contributed by atoms with E-state index in [0.29, 0.717) is 18.9 Å². The molecule has 1 aliphatic rings. The number of rotatable bonds is 3. The molecule has 1 amide bonds. The van der Waals surface area contributed by atoms with Crippen molar-refractivity contribution in [3.05, 3.63) is 53.7 Å². The molecule has 2 aromatic rings. The Balaban J connectivity index is 1.73. The van der Waals surface area contributed by atoms with Crippen molar-refractivity contribution in [1.29, 1.82) is 0 Å². The minimum Gasteiger partial charge on any atom is -0.378 e. The first-order chi connectivity index (χ1) is 10.7. The van der Waals surface area contributed by atoms with Crippen LogP contribution in [0.5, 0.6) is 0 Å². The lowest BCUT2D eigenvalue weighted by Crippen LogP contribution is -2.37. The number of carbonyl (C=O) groups excluding carboxylic acids is 1. The summed E-state index contributed by atoms with van der Waals surface area (Å²) in [6.45, 7) is 5.01. The normalized spacial score (nSPS) is 14.7. The molecule has 1 aromatic carbocycles. The number of pyridine rings is 1. The highest BCUT2D eigenvalue weighted by Crippen LogP contribution is 2.15. The number of amides is 1. The third-order valence-corrected chi connectivity index (χ3v) is 3.61. The van der Waals surface area contributed by atoms with Gasteiger partial charge in [0.25, 0.3) is 5.91 Å². The Labute approximate surface area is 129 Å². The van der Waals surface area contributed by atoms with Gasteiger partial charge >= 0.3 is 0 Å². The summed E-state index contributed by atoms with van der Waals surface area (Å²) in [6.07, 6.45) is 0. The van der Waals surface area contributed by atoms with Crippen LogP contribution < -0.4 is 10.2 Å². The SMILES string of the molecule is Cc1ccc(NC(=O)c2cccc(N3CCOCC3)n2)cc1. The number of anilines is 2. The number of aromatic nitrogens is 1. The molecule has 0 spiro atoms. The highest BCUT2D eigenvalue weighted by atomic mass is 16.5. The average molecular weight is 297 g/mol. The molecule has 114 valence electrons. The van der Waals surface area contributed by atoms with Crippen molar-refractivity contribution in [2.75, 3.05) is 36.5 Å². The number of nitrogens with zero attached hydrogens (tertiary/aromatic N) is 2. The predicted molar refractivity (Wildman–Crippen MR) is 86.4 cm³/mol. The van der Waals surface area contributed by atoms with Gasteiger partial charge in [0.2, 0.25) is 0 Å². The Morgan fingerprint density at radius 1 is 1.14 bits per heavy atom. The molecule has 0 unspecified atom stereocenters. The molecule has 0 aliphatic carbocycles. The van der Waals surface area contributed by atoms with E-state index in [4.69, 9.17) is 4.74 Å². The number of ether oxygens (including phenoxy) is 1. The van der Waals surface area contributed by atoms with Crippen LogP contribution in [0.1, 0.15) is 16.1 Å². The van der Waals surface area contributed by atoms with E-state index in [1.165, 1.54) is 0 Å². The highest BCUT2D eigenvalue weighted by Gasteiger charge is 2.14. The summed E-state index contributed by atoms with van der Waals surface area (Å²) < 4.78 is 5.34. The van der Waals surface area contributed by atoms with Crippen molar-refractivity contribution < 1.29 is 9.53 Å². The van der Waals surface area contributed by atoms with Crippen LogP contribution in [0.4, 0.5) is 11.5 Å². The first kappa shape index (κ1) is 14.5. The minimum absolute atomic E-state index is 0.195. The van der Waals surface area contributed by atoms with Crippen LogP contribution in [-0.2, 0) is 4.74 Å². The summed E-state index contributed by atoms with van der Waals surface area (Å²) in [6, 6.07) is 13.2. The topological polar surface area (TPSA) is 54.5 Å². The van der Waals surface area contributed by atoms with Crippen molar-refractivity contribution >= 4 is 17.4 Å². The number of hydrogen-bond donors (Lipinski definition) is 1. The van der Waals surface area contributed by atoms with E-state index in [1.54, 1.807) is 6.07 Å². The molecule has 1 fully saturated rings. The number of nitrogens with one attached hydrogen (secondary N) is 1. The van der Waals surface area contributed by atoms with E-state index >= 15 is 0 Å². The van der Waals surface area contributed by atoms with Gasteiger partial charge in [-0.2, -0.15) is 0 Å². The van der Waals surface area contributed by atoms with Gasteiger partial charge in [-0.15, -0.1) is 0 Å². The Kier molecular flexibility index (Phi) is 4.34. The standard InChI is InChI=1S/C17H19N3O2/c1-13-5-7-14(8-6-13)18-17(21)15-3-2-4-16(19-15)20-9-11-22-12-10-20/h2-8H,9-12H2,1H3,(H,18,21). The van der Waals surface area contributed by atoms with E-state index < -0.39 is 0 Å². The van der Waals surface area contributed by atoms with Gasteiger partial charge in [-0.25, -0.2) is 4.98 Å². The summed E-state index contributed by atoms with van der Waals surface area (Å²) in [7, 11) is 0. The van der Waals surface area contributed by atoms with Crippen molar-refractivity contribution in [1.82, 2.24) is 4.98 Å². The van der Waals surface area contributed by atoms with Crippen molar-refractivity contribution in [3.8, 4) is 0 Å². The summed E-state index contributed by atoms with van der Waals surface area (Å²) >= 11 is 0. The van der Waals surface area contributed by atoms with Crippen LogP contribution >= 0.6 is 0 Å². The van der Waals surface area contributed by atoms with E-state index in [-0.39, 0.29) is 5.91 Å². The third-order valence-electron chi connectivity index (χ3n) is 3.61. The first-order valence-electron chi connectivity index (χ1n) is 7.40. The number of aryl methyl sites for hydroxylation is 1. The fraction of sp³-hybridized carbons (Fsp3) is 0.294. The fourth-order valence-corrected chi connectivity index (χ4v) is 2.35. The minimum atomic E-state index is -0.195. The monoisotopic (exact) mass is 297 g/mol. The molecule has 1 saturated heterocycles. The quantitative estimate of drug-likeness (QED) is 0.945. The summed E-state index contributed by atoms with van der Waals surface area (Å²) in [4.78, 5) is 18.9. The molecule has 1 aliphatic heterocycles. The van der Waals surface area contributed by atoms with E-state index in [9.17, 15) is 4.79 Å². The molecular weight excluding hydrogens is 278 g/mol. The van der Waals surface area contributed by atoms with Gasteiger partial charge in [-0.05, 0) is 31.2 Å². The van der Waals surface area contributed by atoms with Crippen LogP contribution in [-0.4, -0.2) is 37.2 Å². The molecule has 5 nitrogen and oxygen atoms in total. The lowest BCUT2D eigenvalue weighted by molar-refractivity contribution is 0.102. The molecule has 0 bridgehead atoms. The molecule has 2 heterocycles. The van der Waals surface area contributed by atoms with Gasteiger partial charge in [0.15, 0.2) is 0 Å². The Hall–Kier alpha value is -2.40. The molecule has 0 saturated carbocycles. The Morgan fingerprint density at radius 3 is 2.59 bits per heavy atom. The lowest BCUT2D eigenvalue weighted by Gasteiger charge is -2.27. The first-order valence-corrected chi connectivity index (χ1v) is 7.40. The van der Waals surface area contributed by atoms with Crippen LogP contribution in [0.25, 0.3) is 0 Å². The zero-order valence-corrected chi connectivity index (χ0v) is 12.6. The second-order valence-corrected chi connectivity index (χ2v) is 5.30. The maximum absolute atomic E-state index is 12.3. The van der Waals surface area contributed by atoms with Gasteiger partial charge in [0, 0.05) is 18.8 Å². The van der Waals surface area contributed by atoms with E-state index in [2.05, 4.69) is 15.2 Å².